The molecule has 1 heterocycles. The van der Waals surface area contributed by atoms with Crippen molar-refractivity contribution in [3.05, 3.63) is 35.6 Å². The van der Waals surface area contributed by atoms with Crippen molar-refractivity contribution in [3.63, 3.8) is 0 Å². The quantitative estimate of drug-likeness (QED) is 0.616. The molecular formula is C10H9FO2. The van der Waals surface area contributed by atoms with Gasteiger partial charge >= 0.3 is 5.97 Å². The topological polar surface area (TPSA) is 26.3 Å². The molecule has 1 aliphatic rings. The average Bonchev–Trinajstić information content (AvgIpc) is 2.53. The lowest BCUT2D eigenvalue weighted by atomic mass is 9.98. The molecule has 0 aromatic heterocycles. The Hall–Kier alpha value is -1.38. The van der Waals surface area contributed by atoms with Crippen molar-refractivity contribution < 1.29 is 13.9 Å². The zero-order valence-electron chi connectivity index (χ0n) is 7.00. The normalized spacial score (nSPS) is 21.6. The van der Waals surface area contributed by atoms with E-state index in [0.717, 1.165) is 5.56 Å². The zero-order valence-corrected chi connectivity index (χ0v) is 7.00. The first-order valence-corrected chi connectivity index (χ1v) is 4.19. The van der Waals surface area contributed by atoms with Crippen LogP contribution in [0.2, 0.25) is 0 Å². The van der Waals surface area contributed by atoms with E-state index in [2.05, 4.69) is 0 Å². The lowest BCUT2D eigenvalue weighted by Crippen LogP contribution is -2.05. The number of hydrogen-bond donors (Lipinski definition) is 0. The summed E-state index contributed by atoms with van der Waals surface area (Å²) < 4.78 is 17.4. The van der Waals surface area contributed by atoms with Crippen LogP contribution in [0.25, 0.3) is 0 Å². The molecule has 1 aromatic carbocycles. The van der Waals surface area contributed by atoms with Gasteiger partial charge in [0.15, 0.2) is 0 Å². The zero-order chi connectivity index (χ0) is 9.26. The predicted molar refractivity (Wildman–Crippen MR) is 44.7 cm³/mol. The summed E-state index contributed by atoms with van der Waals surface area (Å²) in [7, 11) is 0. The van der Waals surface area contributed by atoms with Gasteiger partial charge in [-0.3, -0.25) is 4.79 Å². The number of cyclic esters (lactones) is 1. The first-order chi connectivity index (χ1) is 6.27. The fraction of sp³-hybridized carbons (Fsp3) is 0.300. The molecule has 0 spiro atoms. The van der Waals surface area contributed by atoms with Crippen molar-refractivity contribution in [2.45, 2.75) is 12.3 Å². The van der Waals surface area contributed by atoms with Crippen molar-refractivity contribution >= 4 is 5.97 Å². The van der Waals surface area contributed by atoms with Crippen LogP contribution in [0.4, 0.5) is 4.39 Å². The molecule has 0 aliphatic carbocycles. The van der Waals surface area contributed by atoms with Gasteiger partial charge in [-0.25, -0.2) is 4.39 Å². The minimum atomic E-state index is -0.282. The highest BCUT2D eigenvalue weighted by molar-refractivity contribution is 5.79. The van der Waals surface area contributed by atoms with Crippen LogP contribution in [0.1, 0.15) is 17.9 Å². The molecule has 2 nitrogen and oxygen atoms in total. The molecule has 1 fully saturated rings. The lowest BCUT2D eigenvalue weighted by Gasteiger charge is -2.04. The van der Waals surface area contributed by atoms with E-state index in [1.165, 1.54) is 12.1 Å². The maximum absolute atomic E-state index is 12.6. The van der Waals surface area contributed by atoms with Crippen LogP contribution in [0.5, 0.6) is 0 Å². The van der Waals surface area contributed by atoms with Crippen LogP contribution in [-0.2, 0) is 9.53 Å². The van der Waals surface area contributed by atoms with Crippen molar-refractivity contribution in [2.24, 2.45) is 0 Å². The molecule has 2 rings (SSSR count). The highest BCUT2D eigenvalue weighted by Crippen LogP contribution is 2.26. The minimum absolute atomic E-state index is 0.194. The predicted octanol–water partition coefficient (Wildman–Crippen LogP) is 1.86. The van der Waals surface area contributed by atoms with Crippen molar-refractivity contribution in [3.8, 4) is 0 Å². The Morgan fingerprint density at radius 1 is 1.31 bits per heavy atom. The first-order valence-electron chi connectivity index (χ1n) is 4.19. The Morgan fingerprint density at radius 2 is 2.00 bits per heavy atom. The summed E-state index contributed by atoms with van der Waals surface area (Å²) in [5.41, 5.74) is 0.837. The Kier molecular flexibility index (Phi) is 2.00. The van der Waals surface area contributed by atoms with E-state index in [4.69, 9.17) is 4.74 Å². The smallest absolute Gasteiger partial charge is 0.313 e. The van der Waals surface area contributed by atoms with Crippen LogP contribution in [0.3, 0.4) is 0 Å². The van der Waals surface area contributed by atoms with Gasteiger partial charge in [0.2, 0.25) is 0 Å². The van der Waals surface area contributed by atoms with Gasteiger partial charge in [-0.1, -0.05) is 12.1 Å². The summed E-state index contributed by atoms with van der Waals surface area (Å²) in [6.45, 7) is 0.473. The van der Waals surface area contributed by atoms with Gasteiger partial charge in [0, 0.05) is 0 Å². The van der Waals surface area contributed by atoms with Gasteiger partial charge in [0.05, 0.1) is 12.5 Å². The Bertz CT molecular complexity index is 318. The molecule has 0 unspecified atom stereocenters. The van der Waals surface area contributed by atoms with Crippen LogP contribution in [-0.4, -0.2) is 12.6 Å². The molecule has 0 saturated carbocycles. The second-order valence-corrected chi connectivity index (χ2v) is 3.06. The summed E-state index contributed by atoms with van der Waals surface area (Å²) >= 11 is 0. The highest BCUT2D eigenvalue weighted by atomic mass is 19.1. The van der Waals surface area contributed by atoms with Crippen molar-refractivity contribution in [1.29, 1.82) is 0 Å². The maximum Gasteiger partial charge on any atom is 0.313 e. The van der Waals surface area contributed by atoms with Crippen LogP contribution < -0.4 is 0 Å². The van der Waals surface area contributed by atoms with E-state index in [1.807, 2.05) is 0 Å². The Balaban J connectivity index is 2.25. The van der Waals surface area contributed by atoms with E-state index in [1.54, 1.807) is 12.1 Å². The highest BCUT2D eigenvalue weighted by Gasteiger charge is 2.27. The summed E-state index contributed by atoms with van der Waals surface area (Å²) in [5, 5.41) is 0. The van der Waals surface area contributed by atoms with Gasteiger partial charge in [-0.05, 0) is 24.1 Å². The minimum Gasteiger partial charge on any atom is -0.465 e. The van der Waals surface area contributed by atoms with E-state index >= 15 is 0 Å². The monoisotopic (exact) mass is 180 g/mol. The van der Waals surface area contributed by atoms with Crippen LogP contribution in [0.15, 0.2) is 24.3 Å². The number of benzene rings is 1. The summed E-state index contributed by atoms with van der Waals surface area (Å²) in [6.07, 6.45) is 0.699. The number of rotatable bonds is 1. The third-order valence-corrected chi connectivity index (χ3v) is 2.21. The van der Waals surface area contributed by atoms with Gasteiger partial charge in [0.1, 0.15) is 5.82 Å². The number of carbonyl (C=O) groups is 1. The molecule has 1 atom stereocenters. The average molecular weight is 180 g/mol. The van der Waals surface area contributed by atoms with E-state index in [-0.39, 0.29) is 17.7 Å². The van der Waals surface area contributed by atoms with Gasteiger partial charge in [-0.2, -0.15) is 0 Å². The molecule has 1 aromatic rings. The number of carbonyl (C=O) groups excluding carboxylic acids is 1. The molecule has 1 saturated heterocycles. The standard InChI is InChI=1S/C10H9FO2/c11-8-3-1-7(2-4-8)9-5-6-13-10(9)12/h1-4,9H,5-6H2/t9-/m1/s1. The van der Waals surface area contributed by atoms with E-state index in [0.29, 0.717) is 13.0 Å². The van der Waals surface area contributed by atoms with Crippen LogP contribution in [0, 0.1) is 5.82 Å². The SMILES string of the molecule is O=C1OCC[C@@H]1c1ccc(F)cc1. The molecular weight excluding hydrogens is 171 g/mol. The molecule has 13 heavy (non-hydrogen) atoms. The Morgan fingerprint density at radius 3 is 2.54 bits per heavy atom. The molecule has 1 aliphatic heterocycles. The van der Waals surface area contributed by atoms with Gasteiger partial charge in [-0.15, -0.1) is 0 Å². The molecule has 0 amide bonds. The fourth-order valence-electron chi connectivity index (χ4n) is 1.49. The van der Waals surface area contributed by atoms with Gasteiger partial charge in [0.25, 0.3) is 0 Å². The molecule has 68 valence electrons. The lowest BCUT2D eigenvalue weighted by molar-refractivity contribution is -0.139. The molecule has 0 bridgehead atoms. The van der Waals surface area contributed by atoms with Gasteiger partial charge < -0.3 is 4.74 Å². The number of halogens is 1. The summed E-state index contributed by atoms with van der Waals surface area (Å²) in [4.78, 5) is 11.1. The largest absolute Gasteiger partial charge is 0.465 e. The molecule has 0 N–H and O–H groups in total. The van der Waals surface area contributed by atoms with E-state index < -0.39 is 0 Å². The number of esters is 1. The first kappa shape index (κ1) is 8.23. The summed E-state index contributed by atoms with van der Waals surface area (Å²) in [6, 6.07) is 5.99. The van der Waals surface area contributed by atoms with Crippen molar-refractivity contribution in [2.75, 3.05) is 6.61 Å². The van der Waals surface area contributed by atoms with Crippen molar-refractivity contribution in [1.82, 2.24) is 0 Å². The fourth-order valence-corrected chi connectivity index (χ4v) is 1.49. The van der Waals surface area contributed by atoms with Crippen LogP contribution >= 0.6 is 0 Å². The number of hydrogen-bond acceptors (Lipinski definition) is 2. The third-order valence-electron chi connectivity index (χ3n) is 2.21. The third kappa shape index (κ3) is 1.54. The molecule has 0 radical (unpaired) electrons. The summed E-state index contributed by atoms with van der Waals surface area (Å²) in [5.74, 6) is -0.678. The Labute approximate surface area is 75.3 Å². The molecule has 3 heteroatoms. The second kappa shape index (κ2) is 3.17. The second-order valence-electron chi connectivity index (χ2n) is 3.06. The maximum atomic E-state index is 12.6. The number of ether oxygens (including phenoxy) is 1. The van der Waals surface area contributed by atoms with E-state index in [9.17, 15) is 9.18 Å².